The summed E-state index contributed by atoms with van der Waals surface area (Å²) < 4.78 is 6.26. The molecule has 0 radical (unpaired) electrons. The van der Waals surface area contributed by atoms with Gasteiger partial charge in [-0.3, -0.25) is 0 Å². The highest BCUT2D eigenvalue weighted by atomic mass is 32.2. The molecule has 0 amide bonds. The Hall–Kier alpha value is -3.12. The van der Waals surface area contributed by atoms with Crippen molar-refractivity contribution in [2.24, 2.45) is 0 Å². The molecule has 2 N–H and O–H groups in total. The summed E-state index contributed by atoms with van der Waals surface area (Å²) in [6.07, 6.45) is 1.78. The van der Waals surface area contributed by atoms with Crippen molar-refractivity contribution in [1.29, 1.82) is 0 Å². The van der Waals surface area contributed by atoms with Gasteiger partial charge < -0.3 is 10.5 Å². The SMILES string of the molecule is CCCc1nc(N)nc2ccc(-c3cccc4c3Oc3ccccc3S4)nc12. The van der Waals surface area contributed by atoms with Crippen molar-refractivity contribution in [3.8, 4) is 22.8 Å². The summed E-state index contributed by atoms with van der Waals surface area (Å²) in [6, 6.07) is 18.2. The first kappa shape index (κ1) is 17.0. The van der Waals surface area contributed by atoms with Crippen LogP contribution in [0.2, 0.25) is 0 Å². The molecule has 0 unspecified atom stereocenters. The van der Waals surface area contributed by atoms with Crippen LogP contribution in [0.5, 0.6) is 11.5 Å². The Kier molecular flexibility index (Phi) is 4.13. The molecule has 6 heteroatoms. The third kappa shape index (κ3) is 2.86. The molecule has 0 fully saturated rings. The number of nitrogen functional groups attached to an aromatic ring is 1. The number of aromatic nitrogens is 3. The van der Waals surface area contributed by atoms with Crippen LogP contribution in [-0.4, -0.2) is 15.0 Å². The molecule has 138 valence electrons. The molecule has 1 aliphatic heterocycles. The van der Waals surface area contributed by atoms with Crippen LogP contribution in [0.1, 0.15) is 19.0 Å². The van der Waals surface area contributed by atoms with E-state index in [1.165, 1.54) is 0 Å². The van der Waals surface area contributed by atoms with E-state index in [4.69, 9.17) is 15.5 Å². The Balaban J connectivity index is 1.66. The van der Waals surface area contributed by atoms with Gasteiger partial charge >= 0.3 is 0 Å². The summed E-state index contributed by atoms with van der Waals surface area (Å²) in [5.41, 5.74) is 10.1. The number of hydrogen-bond acceptors (Lipinski definition) is 6. The smallest absolute Gasteiger partial charge is 0.220 e. The number of ether oxygens (including phenoxy) is 1. The number of fused-ring (bicyclic) bond motifs is 3. The monoisotopic (exact) mass is 386 g/mol. The molecule has 5 rings (SSSR count). The maximum atomic E-state index is 6.26. The van der Waals surface area contributed by atoms with Gasteiger partial charge in [-0.15, -0.1) is 0 Å². The van der Waals surface area contributed by atoms with Gasteiger partial charge in [-0.2, -0.15) is 0 Å². The highest BCUT2D eigenvalue weighted by Crippen LogP contribution is 2.50. The summed E-state index contributed by atoms with van der Waals surface area (Å²) in [7, 11) is 0. The van der Waals surface area contributed by atoms with Crippen LogP contribution < -0.4 is 10.5 Å². The number of benzene rings is 2. The molecule has 4 aromatic rings. The maximum absolute atomic E-state index is 6.26. The second kappa shape index (κ2) is 6.80. The van der Waals surface area contributed by atoms with Crippen LogP contribution in [0.4, 0.5) is 5.95 Å². The zero-order valence-electron chi connectivity index (χ0n) is 15.3. The largest absolute Gasteiger partial charge is 0.454 e. The van der Waals surface area contributed by atoms with Gasteiger partial charge in [-0.25, -0.2) is 15.0 Å². The quantitative estimate of drug-likeness (QED) is 0.442. The van der Waals surface area contributed by atoms with E-state index in [-0.39, 0.29) is 0 Å². The van der Waals surface area contributed by atoms with E-state index < -0.39 is 0 Å². The average molecular weight is 386 g/mol. The highest BCUT2D eigenvalue weighted by molar-refractivity contribution is 7.99. The van der Waals surface area contributed by atoms with Gasteiger partial charge in [0.25, 0.3) is 0 Å². The number of para-hydroxylation sites is 2. The summed E-state index contributed by atoms with van der Waals surface area (Å²) >= 11 is 1.71. The number of nitrogens with two attached hydrogens (primary N) is 1. The minimum Gasteiger partial charge on any atom is -0.454 e. The van der Waals surface area contributed by atoms with Crippen molar-refractivity contribution in [2.75, 3.05) is 5.73 Å². The molecule has 3 heterocycles. The fourth-order valence-electron chi connectivity index (χ4n) is 3.41. The Labute approximate surface area is 167 Å². The summed E-state index contributed by atoms with van der Waals surface area (Å²) in [4.78, 5) is 15.9. The molecule has 5 nitrogen and oxygen atoms in total. The zero-order valence-corrected chi connectivity index (χ0v) is 16.2. The van der Waals surface area contributed by atoms with Gasteiger partial charge in [-0.1, -0.05) is 43.3 Å². The zero-order chi connectivity index (χ0) is 19.1. The minimum atomic E-state index is 0.291. The van der Waals surface area contributed by atoms with Gasteiger partial charge in [0.1, 0.15) is 11.3 Å². The highest BCUT2D eigenvalue weighted by Gasteiger charge is 2.22. The number of rotatable bonds is 3. The lowest BCUT2D eigenvalue weighted by Crippen LogP contribution is -2.03. The number of anilines is 1. The molecular weight excluding hydrogens is 368 g/mol. The number of hydrogen-bond donors (Lipinski definition) is 1. The molecule has 1 aliphatic rings. The van der Waals surface area contributed by atoms with Crippen LogP contribution >= 0.6 is 11.8 Å². The second-order valence-electron chi connectivity index (χ2n) is 6.63. The number of nitrogens with zero attached hydrogens (tertiary/aromatic N) is 3. The van der Waals surface area contributed by atoms with Crippen molar-refractivity contribution < 1.29 is 4.74 Å². The topological polar surface area (TPSA) is 73.9 Å². The molecule has 2 aromatic carbocycles. The lowest BCUT2D eigenvalue weighted by Gasteiger charge is -2.21. The van der Waals surface area contributed by atoms with E-state index in [1.54, 1.807) is 11.8 Å². The molecule has 0 atom stereocenters. The van der Waals surface area contributed by atoms with Gasteiger partial charge in [0.2, 0.25) is 5.95 Å². The lowest BCUT2D eigenvalue weighted by atomic mass is 10.1. The van der Waals surface area contributed by atoms with Crippen molar-refractivity contribution in [3.05, 3.63) is 60.3 Å². The lowest BCUT2D eigenvalue weighted by molar-refractivity contribution is 0.456. The van der Waals surface area contributed by atoms with Crippen LogP contribution in [0.3, 0.4) is 0 Å². The fourth-order valence-corrected chi connectivity index (χ4v) is 4.39. The van der Waals surface area contributed by atoms with E-state index in [9.17, 15) is 0 Å². The Morgan fingerprint density at radius 3 is 2.68 bits per heavy atom. The number of pyridine rings is 1. The molecular formula is C22H18N4OS. The molecule has 0 saturated carbocycles. The van der Waals surface area contributed by atoms with Crippen LogP contribution in [0.25, 0.3) is 22.3 Å². The van der Waals surface area contributed by atoms with E-state index in [0.717, 1.165) is 62.1 Å². The van der Waals surface area contributed by atoms with Crippen molar-refractivity contribution in [2.45, 2.75) is 29.6 Å². The van der Waals surface area contributed by atoms with Gasteiger partial charge in [0.05, 0.1) is 26.7 Å². The Bertz CT molecular complexity index is 1210. The van der Waals surface area contributed by atoms with Crippen molar-refractivity contribution >= 4 is 28.7 Å². The summed E-state index contributed by atoms with van der Waals surface area (Å²) in [5.74, 6) is 2.00. The molecule has 2 aromatic heterocycles. The molecule has 28 heavy (non-hydrogen) atoms. The molecule has 0 saturated heterocycles. The molecule has 0 aliphatic carbocycles. The van der Waals surface area contributed by atoms with Gasteiger partial charge in [-0.05, 0) is 42.8 Å². The van der Waals surface area contributed by atoms with Crippen LogP contribution in [0.15, 0.2) is 64.4 Å². The van der Waals surface area contributed by atoms with E-state index in [0.29, 0.717) is 5.95 Å². The first-order valence-corrected chi connectivity index (χ1v) is 10.1. The van der Waals surface area contributed by atoms with Crippen molar-refractivity contribution in [1.82, 2.24) is 15.0 Å². The maximum Gasteiger partial charge on any atom is 0.220 e. The predicted molar refractivity (Wildman–Crippen MR) is 112 cm³/mol. The molecule has 0 spiro atoms. The summed E-state index contributed by atoms with van der Waals surface area (Å²) in [6.45, 7) is 2.12. The Morgan fingerprint density at radius 2 is 1.79 bits per heavy atom. The first-order valence-electron chi connectivity index (χ1n) is 9.24. The second-order valence-corrected chi connectivity index (χ2v) is 7.71. The molecule has 0 bridgehead atoms. The Morgan fingerprint density at radius 1 is 0.929 bits per heavy atom. The van der Waals surface area contributed by atoms with Crippen LogP contribution in [0, 0.1) is 0 Å². The summed E-state index contributed by atoms with van der Waals surface area (Å²) in [5, 5.41) is 0. The fraction of sp³-hybridized carbons (Fsp3) is 0.136. The van der Waals surface area contributed by atoms with E-state index in [1.807, 2.05) is 42.5 Å². The van der Waals surface area contributed by atoms with Gasteiger partial charge in [0, 0.05) is 5.56 Å². The minimum absolute atomic E-state index is 0.291. The van der Waals surface area contributed by atoms with Crippen LogP contribution in [-0.2, 0) is 6.42 Å². The predicted octanol–water partition coefficient (Wildman–Crippen LogP) is 5.48. The van der Waals surface area contributed by atoms with E-state index >= 15 is 0 Å². The van der Waals surface area contributed by atoms with E-state index in [2.05, 4.69) is 29.0 Å². The standard InChI is InChI=1S/C22H18N4OS/c1-2-6-15-20-16(26-22(23)25-15)12-11-14(24-20)13-7-5-10-19-21(13)27-17-8-3-4-9-18(17)28-19/h3-5,7-12H,2,6H2,1H3,(H2,23,25,26). The normalized spacial score (nSPS) is 12.3. The third-order valence-electron chi connectivity index (χ3n) is 4.65. The first-order chi connectivity index (χ1) is 13.7. The van der Waals surface area contributed by atoms with Crippen molar-refractivity contribution in [3.63, 3.8) is 0 Å². The number of aryl methyl sites for hydroxylation is 1. The average Bonchev–Trinajstić information content (AvgIpc) is 2.72. The van der Waals surface area contributed by atoms with Gasteiger partial charge in [0.15, 0.2) is 5.75 Å². The third-order valence-corrected chi connectivity index (χ3v) is 5.75.